The van der Waals surface area contributed by atoms with E-state index in [1.165, 1.54) is 12.2 Å². The van der Waals surface area contributed by atoms with E-state index in [0.717, 1.165) is 4.90 Å². The molecule has 0 radical (unpaired) electrons. The molecule has 94 valence electrons. The Morgan fingerprint density at radius 3 is 2.47 bits per heavy atom. The molecule has 0 aromatic rings. The van der Waals surface area contributed by atoms with Crippen LogP contribution in [0.3, 0.4) is 0 Å². The number of nitrogens with one attached hydrogen (secondary N) is 1. The fourth-order valence-corrected chi connectivity index (χ4v) is 1.25. The Bertz CT molecular complexity index is 331. The fourth-order valence-electron chi connectivity index (χ4n) is 1.25. The molecule has 0 atom stereocenters. The molecule has 1 heterocycles. The molecule has 3 amide bonds. The van der Waals surface area contributed by atoms with Gasteiger partial charge in [0.05, 0.1) is 6.10 Å². The Balaban J connectivity index is 2.18. The molecule has 0 aliphatic carbocycles. The zero-order chi connectivity index (χ0) is 12.8. The fraction of sp³-hybridized carbons (Fsp3) is 0.545. The predicted molar refractivity (Wildman–Crippen MR) is 60.0 cm³/mol. The summed E-state index contributed by atoms with van der Waals surface area (Å²) < 4.78 is 5.10. The molecule has 0 aromatic heterocycles. The van der Waals surface area contributed by atoms with Crippen LogP contribution in [-0.4, -0.2) is 48.4 Å². The summed E-state index contributed by atoms with van der Waals surface area (Å²) in [5, 5.41) is 2.57. The highest BCUT2D eigenvalue weighted by Crippen LogP contribution is 2.01. The molecule has 0 unspecified atom stereocenters. The zero-order valence-electron chi connectivity index (χ0n) is 9.93. The van der Waals surface area contributed by atoms with E-state index >= 15 is 0 Å². The van der Waals surface area contributed by atoms with Gasteiger partial charge in [-0.1, -0.05) is 0 Å². The second-order valence-electron chi connectivity index (χ2n) is 3.87. The van der Waals surface area contributed by atoms with Crippen LogP contribution in [0, 0.1) is 0 Å². The number of carbonyl (C=O) groups is 3. The van der Waals surface area contributed by atoms with Crippen LogP contribution in [-0.2, 0) is 19.1 Å². The highest BCUT2D eigenvalue weighted by Gasteiger charge is 2.22. The van der Waals surface area contributed by atoms with Gasteiger partial charge < -0.3 is 10.1 Å². The van der Waals surface area contributed by atoms with E-state index in [1.54, 1.807) is 0 Å². The van der Waals surface area contributed by atoms with Gasteiger partial charge >= 0.3 is 0 Å². The van der Waals surface area contributed by atoms with Gasteiger partial charge in [0.1, 0.15) is 6.61 Å². The second kappa shape index (κ2) is 6.15. The number of amides is 3. The maximum Gasteiger partial charge on any atom is 0.253 e. The van der Waals surface area contributed by atoms with E-state index in [9.17, 15) is 14.4 Å². The average Bonchev–Trinajstić information content (AvgIpc) is 2.57. The van der Waals surface area contributed by atoms with Crippen molar-refractivity contribution in [2.45, 2.75) is 20.0 Å². The summed E-state index contributed by atoms with van der Waals surface area (Å²) in [6.45, 7) is 4.07. The van der Waals surface area contributed by atoms with Crippen LogP contribution in [0.2, 0.25) is 0 Å². The number of rotatable bonds is 6. The molecule has 1 rings (SSSR count). The summed E-state index contributed by atoms with van der Waals surface area (Å²) in [5.41, 5.74) is 0. The number of ether oxygens (including phenoxy) is 1. The van der Waals surface area contributed by atoms with Crippen LogP contribution in [0.1, 0.15) is 13.8 Å². The second-order valence-corrected chi connectivity index (χ2v) is 3.87. The summed E-state index contributed by atoms with van der Waals surface area (Å²) >= 11 is 0. The number of nitrogens with zero attached hydrogens (tertiary/aromatic N) is 1. The molecule has 0 bridgehead atoms. The van der Waals surface area contributed by atoms with Crippen molar-refractivity contribution in [1.29, 1.82) is 0 Å². The molecule has 17 heavy (non-hydrogen) atoms. The Morgan fingerprint density at radius 1 is 1.35 bits per heavy atom. The summed E-state index contributed by atoms with van der Waals surface area (Å²) in [6.07, 6.45) is 2.42. The lowest BCUT2D eigenvalue weighted by Crippen LogP contribution is -2.39. The third-order valence-electron chi connectivity index (χ3n) is 2.11. The van der Waals surface area contributed by atoms with Gasteiger partial charge in [0, 0.05) is 25.2 Å². The molecule has 1 N–H and O–H groups in total. The topological polar surface area (TPSA) is 75.7 Å². The van der Waals surface area contributed by atoms with Crippen LogP contribution in [0.5, 0.6) is 0 Å². The van der Waals surface area contributed by atoms with Crippen molar-refractivity contribution in [1.82, 2.24) is 10.2 Å². The maximum absolute atomic E-state index is 11.2. The Labute approximate surface area is 99.6 Å². The maximum atomic E-state index is 11.2. The first-order chi connectivity index (χ1) is 8.00. The van der Waals surface area contributed by atoms with Gasteiger partial charge in [-0.15, -0.1) is 0 Å². The lowest BCUT2D eigenvalue weighted by molar-refractivity contribution is -0.137. The van der Waals surface area contributed by atoms with E-state index in [-0.39, 0.29) is 43.5 Å². The molecule has 0 fully saturated rings. The molecule has 0 spiro atoms. The molecule has 1 aliphatic heterocycles. The number of imide groups is 1. The van der Waals surface area contributed by atoms with Crippen molar-refractivity contribution in [3.63, 3.8) is 0 Å². The molecular formula is C11H16N2O4. The van der Waals surface area contributed by atoms with Crippen LogP contribution in [0.15, 0.2) is 12.2 Å². The molecule has 1 aliphatic rings. The Morgan fingerprint density at radius 2 is 1.94 bits per heavy atom. The third-order valence-corrected chi connectivity index (χ3v) is 2.11. The first-order valence-corrected chi connectivity index (χ1v) is 5.42. The van der Waals surface area contributed by atoms with Crippen LogP contribution >= 0.6 is 0 Å². The minimum Gasteiger partial charge on any atom is -0.369 e. The first-order valence-electron chi connectivity index (χ1n) is 5.42. The van der Waals surface area contributed by atoms with Crippen molar-refractivity contribution >= 4 is 17.7 Å². The van der Waals surface area contributed by atoms with Crippen molar-refractivity contribution in [2.75, 3.05) is 19.7 Å². The van der Waals surface area contributed by atoms with Crippen molar-refractivity contribution in [2.24, 2.45) is 0 Å². The van der Waals surface area contributed by atoms with Crippen molar-refractivity contribution < 1.29 is 19.1 Å². The molecule has 6 nitrogen and oxygen atoms in total. The van der Waals surface area contributed by atoms with Crippen LogP contribution < -0.4 is 5.32 Å². The number of hydrogen-bond acceptors (Lipinski definition) is 4. The lowest BCUT2D eigenvalue weighted by Gasteiger charge is -2.14. The summed E-state index contributed by atoms with van der Waals surface area (Å²) in [5.74, 6) is -0.948. The monoisotopic (exact) mass is 240 g/mol. The van der Waals surface area contributed by atoms with Crippen LogP contribution in [0.4, 0.5) is 0 Å². The summed E-state index contributed by atoms with van der Waals surface area (Å²) in [6, 6.07) is 0. The van der Waals surface area contributed by atoms with E-state index in [2.05, 4.69) is 5.32 Å². The van der Waals surface area contributed by atoms with Gasteiger partial charge in [-0.3, -0.25) is 19.3 Å². The summed E-state index contributed by atoms with van der Waals surface area (Å²) in [4.78, 5) is 34.6. The molecule has 6 heteroatoms. The van der Waals surface area contributed by atoms with Crippen molar-refractivity contribution in [3.8, 4) is 0 Å². The highest BCUT2D eigenvalue weighted by atomic mass is 16.5. The van der Waals surface area contributed by atoms with E-state index < -0.39 is 0 Å². The van der Waals surface area contributed by atoms with Gasteiger partial charge in [0.25, 0.3) is 11.8 Å². The highest BCUT2D eigenvalue weighted by molar-refractivity contribution is 6.12. The van der Waals surface area contributed by atoms with Gasteiger partial charge in [0.2, 0.25) is 5.91 Å². The first kappa shape index (κ1) is 13.4. The third kappa shape index (κ3) is 4.36. The smallest absolute Gasteiger partial charge is 0.253 e. The Kier molecular flexibility index (Phi) is 4.84. The molecule has 0 aromatic carbocycles. The SMILES string of the molecule is CC(C)OCC(=O)NCCN1C(=O)C=CC1=O. The van der Waals surface area contributed by atoms with Gasteiger partial charge in [-0.05, 0) is 13.8 Å². The van der Waals surface area contributed by atoms with Crippen LogP contribution in [0.25, 0.3) is 0 Å². The standard InChI is InChI=1S/C11H16N2O4/c1-8(2)17-7-9(14)12-5-6-13-10(15)3-4-11(13)16/h3-4,8H,5-7H2,1-2H3,(H,12,14). The van der Waals surface area contributed by atoms with Crippen molar-refractivity contribution in [3.05, 3.63) is 12.2 Å². The minimum absolute atomic E-state index is 0.00770. The lowest BCUT2D eigenvalue weighted by atomic mass is 10.4. The zero-order valence-corrected chi connectivity index (χ0v) is 9.93. The Hall–Kier alpha value is -1.69. The molecule has 0 saturated heterocycles. The summed E-state index contributed by atoms with van der Waals surface area (Å²) in [7, 11) is 0. The largest absolute Gasteiger partial charge is 0.369 e. The van der Waals surface area contributed by atoms with Gasteiger partial charge in [-0.25, -0.2) is 0 Å². The molecular weight excluding hydrogens is 224 g/mol. The quantitative estimate of drug-likeness (QED) is 0.632. The number of carbonyl (C=O) groups excluding carboxylic acids is 3. The predicted octanol–water partition coefficient (Wildman–Crippen LogP) is -0.547. The normalized spacial score (nSPS) is 14.9. The van der Waals surface area contributed by atoms with E-state index in [1.807, 2.05) is 13.8 Å². The minimum atomic E-state index is -0.345. The number of hydrogen-bond donors (Lipinski definition) is 1. The van der Waals surface area contributed by atoms with E-state index in [0.29, 0.717) is 0 Å². The molecule has 0 saturated carbocycles. The van der Waals surface area contributed by atoms with Gasteiger partial charge in [-0.2, -0.15) is 0 Å². The van der Waals surface area contributed by atoms with Gasteiger partial charge in [0.15, 0.2) is 0 Å². The van der Waals surface area contributed by atoms with E-state index in [4.69, 9.17) is 4.74 Å². The average molecular weight is 240 g/mol.